The maximum atomic E-state index is 13.9. The van der Waals surface area contributed by atoms with Gasteiger partial charge in [0.25, 0.3) is 6.71 Å². The molecule has 0 saturated heterocycles. The number of nitrogens with zero attached hydrogens (tertiary/aromatic N) is 8. The summed E-state index contributed by atoms with van der Waals surface area (Å²) in [6.07, 6.45) is 0. The third kappa shape index (κ3) is 10.2. The molecule has 0 spiro atoms. The Morgan fingerprint density at radius 3 is 1.42 bits per heavy atom. The zero-order valence-electron chi connectivity index (χ0n) is 52.9. The molecule has 0 radical (unpaired) electrons. The van der Waals surface area contributed by atoms with Crippen molar-refractivity contribution >= 4 is 85.0 Å². The van der Waals surface area contributed by atoms with Crippen LogP contribution < -0.4 is 26.2 Å². The van der Waals surface area contributed by atoms with E-state index in [9.17, 15) is 4.79 Å². The molecule has 18 rings (SSSR count). The Morgan fingerprint density at radius 1 is 0.327 bits per heavy atom. The molecule has 0 amide bonds. The second kappa shape index (κ2) is 24.3. The number of carbonyl (C=O) groups is 1. The van der Waals surface area contributed by atoms with E-state index in [4.69, 9.17) is 29.7 Å². The van der Waals surface area contributed by atoms with Gasteiger partial charge in [-0.3, -0.25) is 0 Å². The first-order valence-corrected chi connectivity index (χ1v) is 32.9. The molecule has 13 aromatic carbocycles. The van der Waals surface area contributed by atoms with Gasteiger partial charge in [-0.1, -0.05) is 237 Å². The molecule has 11 heteroatoms. The van der Waals surface area contributed by atoms with Crippen LogP contribution in [0.1, 0.15) is 15.9 Å². The summed E-state index contributed by atoms with van der Waals surface area (Å²) in [4.78, 5) is 45.2. The smallest absolute Gasteiger partial charge is 0.338 e. The standard InChI is InChI=1S/C87H57BN8O2/c97-87(98-56-57-23-6-1-7-24-57)65-48-52-76-69(54-65)68-33-16-19-36-75(68)96(76)77-51-47-64(86-92-84(61-27-10-3-11-28-61)91-85(93-86)62-29-12-4-13-30-62)53-70(77)74-55-73(60-25-8-2-9-26-60)89-83(90-74)63-43-41-58(42-44-63)59-45-49-67(50-46-59)95-79-38-21-18-35-72(79)88-71-34-17-20-37-78(71)94(66-31-14-5-15-32-66)80-39-22-40-81(95)82(80)88/h1-55H,56H2. The number of benzene rings is 13. The quantitative estimate of drug-likeness (QED) is 0.0825. The van der Waals surface area contributed by atoms with Crippen LogP contribution in [0.4, 0.5) is 34.1 Å². The molecule has 0 bridgehead atoms. The van der Waals surface area contributed by atoms with Crippen molar-refractivity contribution in [3.05, 3.63) is 345 Å². The van der Waals surface area contributed by atoms with Crippen LogP contribution in [-0.2, 0) is 11.3 Å². The molecule has 0 N–H and O–H groups in total. The molecular weight excluding hydrogens is 1200 g/mol. The van der Waals surface area contributed by atoms with Crippen LogP contribution in [0, 0.1) is 0 Å². The molecule has 2 aliphatic heterocycles. The van der Waals surface area contributed by atoms with E-state index in [2.05, 4.69) is 208 Å². The average Bonchev–Trinajstić information content (AvgIpc) is 0.831. The third-order valence-electron chi connectivity index (χ3n) is 18.8. The number of anilines is 6. The van der Waals surface area contributed by atoms with Gasteiger partial charge >= 0.3 is 5.97 Å². The lowest BCUT2D eigenvalue weighted by Gasteiger charge is -2.44. The summed E-state index contributed by atoms with van der Waals surface area (Å²) in [5.74, 6) is 1.77. The summed E-state index contributed by atoms with van der Waals surface area (Å²) in [7, 11) is 0. The molecule has 0 fully saturated rings. The van der Waals surface area contributed by atoms with E-state index in [-0.39, 0.29) is 13.3 Å². The van der Waals surface area contributed by atoms with Crippen molar-refractivity contribution < 1.29 is 9.53 Å². The van der Waals surface area contributed by atoms with Gasteiger partial charge in [0, 0.05) is 78.3 Å². The second-order valence-electron chi connectivity index (χ2n) is 24.6. The van der Waals surface area contributed by atoms with Gasteiger partial charge in [0.2, 0.25) is 0 Å². The Hall–Kier alpha value is -13.1. The van der Waals surface area contributed by atoms with Gasteiger partial charge in [-0.15, -0.1) is 0 Å². The highest BCUT2D eigenvalue weighted by Gasteiger charge is 2.43. The van der Waals surface area contributed by atoms with Gasteiger partial charge < -0.3 is 19.1 Å². The van der Waals surface area contributed by atoms with Crippen LogP contribution in [0.2, 0.25) is 0 Å². The molecule has 0 aliphatic carbocycles. The zero-order chi connectivity index (χ0) is 65.0. The molecule has 98 heavy (non-hydrogen) atoms. The van der Waals surface area contributed by atoms with Crippen molar-refractivity contribution in [2.45, 2.75) is 6.61 Å². The fraction of sp³-hybridized carbons (Fsp3) is 0.0115. The number of hydrogen-bond donors (Lipinski definition) is 0. The summed E-state index contributed by atoms with van der Waals surface area (Å²) < 4.78 is 8.15. The molecule has 0 unspecified atom stereocenters. The number of hydrogen-bond acceptors (Lipinski definition) is 9. The van der Waals surface area contributed by atoms with Crippen molar-refractivity contribution in [2.75, 3.05) is 9.80 Å². The largest absolute Gasteiger partial charge is 0.457 e. The molecule has 0 atom stereocenters. The number of fused-ring (bicyclic) bond motifs is 7. The number of esters is 1. The van der Waals surface area contributed by atoms with Crippen molar-refractivity contribution in [2.24, 2.45) is 0 Å². The van der Waals surface area contributed by atoms with Gasteiger partial charge in [0.05, 0.1) is 33.7 Å². The lowest BCUT2D eigenvalue weighted by molar-refractivity contribution is 0.0473. The van der Waals surface area contributed by atoms with E-state index < -0.39 is 5.97 Å². The van der Waals surface area contributed by atoms with Crippen molar-refractivity contribution in [1.82, 2.24) is 29.5 Å². The van der Waals surface area contributed by atoms with Crippen molar-refractivity contribution in [1.29, 1.82) is 0 Å². The lowest BCUT2D eigenvalue weighted by atomic mass is 9.33. The fourth-order valence-electron chi connectivity index (χ4n) is 14.2. The predicted molar refractivity (Wildman–Crippen MR) is 397 cm³/mol. The maximum absolute atomic E-state index is 13.9. The van der Waals surface area contributed by atoms with Crippen molar-refractivity contribution in [3.8, 4) is 84.9 Å². The number of para-hydroxylation sites is 4. The minimum Gasteiger partial charge on any atom is -0.457 e. The Kier molecular flexibility index (Phi) is 14.3. The van der Waals surface area contributed by atoms with Crippen LogP contribution in [0.15, 0.2) is 334 Å². The first-order valence-electron chi connectivity index (χ1n) is 32.9. The molecule has 10 nitrogen and oxygen atoms in total. The Morgan fingerprint density at radius 2 is 0.786 bits per heavy atom. The Balaban J connectivity index is 0.754. The number of rotatable bonds is 13. The van der Waals surface area contributed by atoms with E-state index in [1.165, 1.54) is 33.5 Å². The van der Waals surface area contributed by atoms with Crippen LogP contribution in [0.5, 0.6) is 0 Å². The lowest BCUT2D eigenvalue weighted by Crippen LogP contribution is -2.61. The highest BCUT2D eigenvalue weighted by Crippen LogP contribution is 2.45. The van der Waals surface area contributed by atoms with E-state index in [0.29, 0.717) is 34.6 Å². The average molecular weight is 1260 g/mol. The summed E-state index contributed by atoms with van der Waals surface area (Å²) in [5, 5.41) is 1.87. The molecule has 460 valence electrons. The fourth-order valence-corrected chi connectivity index (χ4v) is 14.2. The minimum atomic E-state index is -0.399. The third-order valence-corrected chi connectivity index (χ3v) is 18.8. The Labute approximate surface area is 566 Å². The summed E-state index contributed by atoms with van der Waals surface area (Å²) in [5.41, 5.74) is 23.5. The van der Waals surface area contributed by atoms with Gasteiger partial charge in [-0.25, -0.2) is 29.7 Å². The highest BCUT2D eigenvalue weighted by atomic mass is 16.5. The van der Waals surface area contributed by atoms with E-state index >= 15 is 0 Å². The monoisotopic (exact) mass is 1260 g/mol. The predicted octanol–water partition coefficient (Wildman–Crippen LogP) is 18.9. The molecular formula is C87H57BN8O2. The number of aromatic nitrogens is 6. The molecule has 5 heterocycles. The molecule has 2 aliphatic rings. The summed E-state index contributed by atoms with van der Waals surface area (Å²) >= 11 is 0. The van der Waals surface area contributed by atoms with Gasteiger partial charge in [0.1, 0.15) is 6.61 Å². The molecule has 16 aromatic rings. The number of carbonyl (C=O) groups excluding carboxylic acids is 1. The second-order valence-corrected chi connectivity index (χ2v) is 24.6. The van der Waals surface area contributed by atoms with Crippen molar-refractivity contribution in [3.63, 3.8) is 0 Å². The highest BCUT2D eigenvalue weighted by molar-refractivity contribution is 7.00. The van der Waals surface area contributed by atoms with Gasteiger partial charge in [0.15, 0.2) is 23.3 Å². The maximum Gasteiger partial charge on any atom is 0.338 e. The zero-order valence-corrected chi connectivity index (χ0v) is 52.9. The first kappa shape index (κ1) is 57.5. The first-order chi connectivity index (χ1) is 48.5. The van der Waals surface area contributed by atoms with Crippen LogP contribution in [0.25, 0.3) is 107 Å². The SMILES string of the molecule is O=C(OCc1ccccc1)c1ccc2c(c1)c1ccccc1n2-c1ccc(-c2nc(-c3ccccc3)nc(-c3ccccc3)n2)cc1-c1cc(-c2ccccc2)nc(-c2ccc(-c3ccc(N4c5ccccc5B5c6ccccc6N(c6ccccc6)c6cccc4c65)cc3)cc2)n1. The summed E-state index contributed by atoms with van der Waals surface area (Å²) in [6, 6.07) is 115. The molecule has 3 aromatic heterocycles. The van der Waals surface area contributed by atoms with E-state index in [1.807, 2.05) is 140 Å². The topological polar surface area (TPSA) is 102 Å². The summed E-state index contributed by atoms with van der Waals surface area (Å²) in [6.45, 7) is 0.228. The van der Waals surface area contributed by atoms with E-state index in [0.717, 1.165) is 100 Å². The molecule has 0 saturated carbocycles. The van der Waals surface area contributed by atoms with Crippen LogP contribution in [0.3, 0.4) is 0 Å². The Bertz CT molecular complexity index is 5660. The van der Waals surface area contributed by atoms with Crippen LogP contribution >= 0.6 is 0 Å². The van der Waals surface area contributed by atoms with Gasteiger partial charge in [-0.2, -0.15) is 0 Å². The normalized spacial score (nSPS) is 12.1. The van der Waals surface area contributed by atoms with Gasteiger partial charge in [-0.05, 0) is 130 Å². The van der Waals surface area contributed by atoms with E-state index in [1.54, 1.807) is 0 Å². The number of ether oxygens (including phenoxy) is 1. The minimum absolute atomic E-state index is 0.0623. The van der Waals surface area contributed by atoms with Crippen LogP contribution in [-0.4, -0.2) is 42.2 Å².